The fourth-order valence-electron chi connectivity index (χ4n) is 9.18. The van der Waals surface area contributed by atoms with E-state index in [1.165, 1.54) is 24.8 Å². The summed E-state index contributed by atoms with van der Waals surface area (Å²) in [7, 11) is 0. The number of benzene rings is 1. The Morgan fingerprint density at radius 3 is 2.74 bits per heavy atom. The van der Waals surface area contributed by atoms with E-state index in [0.29, 0.717) is 24.4 Å². The number of hydrogen-bond donors (Lipinski definition) is 1. The van der Waals surface area contributed by atoms with Gasteiger partial charge in [-0.15, -0.1) is 0 Å². The lowest BCUT2D eigenvalue weighted by Gasteiger charge is -2.43. The molecule has 0 bridgehead atoms. The Morgan fingerprint density at radius 1 is 1.07 bits per heavy atom. The molecule has 3 saturated heterocycles. The van der Waals surface area contributed by atoms with Gasteiger partial charge in [0.15, 0.2) is 0 Å². The zero-order valence-corrected chi connectivity index (χ0v) is 26.2. The molecule has 9 heteroatoms. The van der Waals surface area contributed by atoms with Crippen LogP contribution < -0.4 is 10.6 Å². The lowest BCUT2D eigenvalue weighted by atomic mass is 9.62. The molecule has 4 atom stereocenters. The number of anilines is 2. The van der Waals surface area contributed by atoms with Crippen molar-refractivity contribution < 1.29 is 8.78 Å². The number of alkyl halides is 1. The van der Waals surface area contributed by atoms with E-state index in [9.17, 15) is 4.39 Å². The predicted molar refractivity (Wildman–Crippen MR) is 168 cm³/mol. The molecule has 3 fully saturated rings. The van der Waals surface area contributed by atoms with Gasteiger partial charge in [0.25, 0.3) is 0 Å². The number of nitrogens with zero attached hydrogens (tertiary/aromatic N) is 5. The van der Waals surface area contributed by atoms with Crippen molar-refractivity contribution in [3.05, 3.63) is 45.1 Å². The molecular formula is C34H45ClF2N6. The quantitative estimate of drug-likeness (QED) is 0.380. The van der Waals surface area contributed by atoms with Gasteiger partial charge in [0.2, 0.25) is 0 Å². The molecule has 2 aliphatic carbocycles. The van der Waals surface area contributed by atoms with E-state index in [4.69, 9.17) is 32.6 Å². The summed E-state index contributed by atoms with van der Waals surface area (Å²) < 4.78 is 30.3. The number of rotatable bonds is 4. The first kappa shape index (κ1) is 30.5. The third-order valence-corrected chi connectivity index (χ3v) is 11.7. The second kappa shape index (κ2) is 12.1. The minimum atomic E-state index is -0.727. The molecule has 4 unspecified atom stereocenters. The standard InChI is InChI=1S/C33H44ClF2N5.CHN/c1-21-5-3-14-40(16-9-21)31-24-7-12-32(10-2-6-23-25(34)17-26(37)30(36)29(23)32)19-27(24)38-28(39-31)8-13-33-11-4-15-41(33)20-22(35)18-33;1-2/h17,21-22H,2-16,18-20,37H2,1H3;1H. The summed E-state index contributed by atoms with van der Waals surface area (Å²) in [6, 6.07) is 1.58. The first-order valence-corrected chi connectivity index (χ1v) is 16.7. The van der Waals surface area contributed by atoms with E-state index in [1.807, 2.05) is 0 Å². The summed E-state index contributed by atoms with van der Waals surface area (Å²) in [5.41, 5.74) is 9.90. The summed E-state index contributed by atoms with van der Waals surface area (Å²) in [6.45, 7) is 9.46. The van der Waals surface area contributed by atoms with Gasteiger partial charge < -0.3 is 10.6 Å². The lowest BCUT2D eigenvalue weighted by Crippen LogP contribution is -2.40. The van der Waals surface area contributed by atoms with Crippen molar-refractivity contribution in [2.24, 2.45) is 5.92 Å². The number of aromatic nitrogens is 2. The van der Waals surface area contributed by atoms with Crippen LogP contribution in [0.5, 0.6) is 0 Å². The maximum absolute atomic E-state index is 15.8. The molecule has 43 heavy (non-hydrogen) atoms. The number of fused-ring (bicyclic) bond motifs is 4. The van der Waals surface area contributed by atoms with Gasteiger partial charge in [0.1, 0.15) is 23.6 Å². The molecule has 1 aromatic carbocycles. The van der Waals surface area contributed by atoms with Crippen LogP contribution in [0, 0.1) is 23.6 Å². The van der Waals surface area contributed by atoms with E-state index in [1.54, 1.807) is 6.07 Å². The van der Waals surface area contributed by atoms with Crippen LogP contribution in [-0.2, 0) is 31.1 Å². The molecule has 1 aromatic heterocycles. The summed E-state index contributed by atoms with van der Waals surface area (Å²) in [5.74, 6) is 2.41. The van der Waals surface area contributed by atoms with Crippen LogP contribution in [0.1, 0.15) is 99.3 Å². The van der Waals surface area contributed by atoms with Gasteiger partial charge in [-0.2, -0.15) is 0 Å². The van der Waals surface area contributed by atoms with Gasteiger partial charge in [-0.3, -0.25) is 4.90 Å². The SMILES string of the molecule is C#N.CC1CCCN(c2nc(CCC34CCCN3CC(F)C4)nc3c2CCC2(CCCc4c(Cl)cc(N)c(F)c42)C3)CC1. The highest BCUT2D eigenvalue weighted by Gasteiger charge is 2.48. The van der Waals surface area contributed by atoms with Gasteiger partial charge in [0.05, 0.1) is 11.4 Å². The molecule has 2 N–H and O–H groups in total. The summed E-state index contributed by atoms with van der Waals surface area (Å²) in [6.07, 6.45) is 12.5. The zero-order valence-electron chi connectivity index (χ0n) is 25.5. The van der Waals surface area contributed by atoms with Gasteiger partial charge >= 0.3 is 0 Å². The van der Waals surface area contributed by atoms with Crippen molar-refractivity contribution in [3.8, 4) is 6.57 Å². The fraction of sp³-hybridized carbons (Fsp3) is 0.676. The molecule has 0 amide bonds. The van der Waals surface area contributed by atoms with Crippen LogP contribution in [0.25, 0.3) is 0 Å². The first-order chi connectivity index (χ1) is 20.8. The highest BCUT2D eigenvalue weighted by atomic mass is 35.5. The van der Waals surface area contributed by atoms with Gasteiger partial charge in [0, 0.05) is 59.7 Å². The van der Waals surface area contributed by atoms with Crippen molar-refractivity contribution in [2.45, 2.75) is 114 Å². The topological polar surface area (TPSA) is 82.1 Å². The molecule has 7 rings (SSSR count). The minimum absolute atomic E-state index is 0.0438. The second-order valence-electron chi connectivity index (χ2n) is 13.9. The molecule has 5 aliphatic rings. The third-order valence-electron chi connectivity index (χ3n) is 11.3. The Morgan fingerprint density at radius 2 is 1.91 bits per heavy atom. The third kappa shape index (κ3) is 5.50. The minimum Gasteiger partial charge on any atom is -0.396 e. The molecule has 6 nitrogen and oxygen atoms in total. The Balaban J connectivity index is 0.00000161. The smallest absolute Gasteiger partial charge is 0.150 e. The average molecular weight is 611 g/mol. The Hall–Kier alpha value is -2.50. The van der Waals surface area contributed by atoms with E-state index in [2.05, 4.69) is 23.3 Å². The van der Waals surface area contributed by atoms with Crippen LogP contribution in [0.2, 0.25) is 5.02 Å². The van der Waals surface area contributed by atoms with Crippen molar-refractivity contribution in [3.63, 3.8) is 0 Å². The van der Waals surface area contributed by atoms with Crippen LogP contribution in [0.3, 0.4) is 0 Å². The van der Waals surface area contributed by atoms with Crippen molar-refractivity contribution in [1.82, 2.24) is 14.9 Å². The highest BCUT2D eigenvalue weighted by molar-refractivity contribution is 6.31. The summed E-state index contributed by atoms with van der Waals surface area (Å²) in [4.78, 5) is 15.4. The van der Waals surface area contributed by atoms with Gasteiger partial charge in [-0.05, 0) is 108 Å². The Labute approximate surface area is 260 Å². The molecule has 1 spiro atoms. The second-order valence-corrected chi connectivity index (χ2v) is 14.3. The summed E-state index contributed by atoms with van der Waals surface area (Å²) in [5, 5.41) is 7.09. The maximum Gasteiger partial charge on any atom is 0.150 e. The Bertz CT molecular complexity index is 1380. The lowest BCUT2D eigenvalue weighted by molar-refractivity contribution is 0.181. The number of nitrogens with two attached hydrogens (primary N) is 1. The maximum atomic E-state index is 15.8. The number of nitrogen functional groups attached to an aromatic ring is 1. The van der Waals surface area contributed by atoms with Crippen molar-refractivity contribution in [1.29, 1.82) is 5.26 Å². The Kier molecular flexibility index (Phi) is 8.60. The average Bonchev–Trinajstić information content (AvgIpc) is 3.43. The van der Waals surface area contributed by atoms with Crippen LogP contribution in [0.15, 0.2) is 6.07 Å². The van der Waals surface area contributed by atoms with Gasteiger partial charge in [-0.25, -0.2) is 24.0 Å². The van der Waals surface area contributed by atoms with E-state index in [-0.39, 0.29) is 22.5 Å². The molecule has 0 saturated carbocycles. The van der Waals surface area contributed by atoms with Crippen LogP contribution in [-0.4, -0.2) is 52.8 Å². The zero-order chi connectivity index (χ0) is 30.4. The van der Waals surface area contributed by atoms with E-state index < -0.39 is 6.17 Å². The monoisotopic (exact) mass is 610 g/mol. The summed E-state index contributed by atoms with van der Waals surface area (Å²) >= 11 is 6.65. The molecule has 4 heterocycles. The van der Waals surface area contributed by atoms with E-state index in [0.717, 1.165) is 112 Å². The van der Waals surface area contributed by atoms with Crippen molar-refractivity contribution >= 4 is 23.1 Å². The molecule has 232 valence electrons. The van der Waals surface area contributed by atoms with Gasteiger partial charge in [-0.1, -0.05) is 18.5 Å². The van der Waals surface area contributed by atoms with Crippen LogP contribution in [0.4, 0.5) is 20.3 Å². The van der Waals surface area contributed by atoms with E-state index >= 15 is 4.39 Å². The molecule has 2 aromatic rings. The predicted octanol–water partition coefficient (Wildman–Crippen LogP) is 6.89. The number of aryl methyl sites for hydroxylation is 1. The molecule has 3 aliphatic heterocycles. The number of halogens is 3. The number of nitriles is 1. The number of hydrogen-bond acceptors (Lipinski definition) is 6. The van der Waals surface area contributed by atoms with Crippen molar-refractivity contribution in [2.75, 3.05) is 36.8 Å². The molecular weight excluding hydrogens is 566 g/mol. The fourth-order valence-corrected chi connectivity index (χ4v) is 9.49. The normalized spacial score (nSPS) is 30.2. The largest absolute Gasteiger partial charge is 0.396 e. The highest BCUT2D eigenvalue weighted by Crippen LogP contribution is 2.51. The molecule has 0 radical (unpaired) electrons. The first-order valence-electron chi connectivity index (χ1n) is 16.3. The van der Waals surface area contributed by atoms with Crippen LogP contribution >= 0.6 is 11.6 Å².